The maximum absolute atomic E-state index is 12.9. The SMILES string of the molecule is CCCCCCCCCC/C=C\CCCCCCCCCCCCCCCCCCCCCCCCCCCC(=O)OC(COC(=O)CCCCCCCCCCCCCCCCCCCCC/C=C\CCCCCCCCCC)COP(=O)(O)OCC[N+](C)(C)C. The molecule has 0 aliphatic rings. The van der Waals surface area contributed by atoms with Crippen LogP contribution in [0.25, 0.3) is 0 Å². The lowest BCUT2D eigenvalue weighted by Crippen LogP contribution is -2.37. The van der Waals surface area contributed by atoms with Gasteiger partial charge in [0.2, 0.25) is 0 Å². The molecule has 10 heteroatoms. The largest absolute Gasteiger partial charge is 0.472 e. The van der Waals surface area contributed by atoms with Crippen LogP contribution < -0.4 is 0 Å². The molecule has 0 aromatic heterocycles. The molecule has 0 heterocycles. The van der Waals surface area contributed by atoms with Crippen molar-refractivity contribution in [1.82, 2.24) is 0 Å². The van der Waals surface area contributed by atoms with Gasteiger partial charge in [0.05, 0.1) is 27.7 Å². The Morgan fingerprint density at radius 1 is 0.326 bits per heavy atom. The first-order valence-corrected chi connectivity index (χ1v) is 42.6. The molecular weight excluding hydrogens is 1160 g/mol. The van der Waals surface area contributed by atoms with Gasteiger partial charge in [0.25, 0.3) is 0 Å². The van der Waals surface area contributed by atoms with Gasteiger partial charge in [0, 0.05) is 12.8 Å². The second-order valence-corrected chi connectivity index (χ2v) is 31.0. The number of nitrogens with zero attached hydrogens (tertiary/aromatic N) is 1. The molecule has 0 fully saturated rings. The highest BCUT2D eigenvalue weighted by molar-refractivity contribution is 7.47. The summed E-state index contributed by atoms with van der Waals surface area (Å²) in [6.45, 7) is 4.52. The van der Waals surface area contributed by atoms with Gasteiger partial charge >= 0.3 is 19.8 Å². The third-order valence-electron chi connectivity index (χ3n) is 19.0. The molecule has 0 aliphatic heterocycles. The number of esters is 2. The van der Waals surface area contributed by atoms with E-state index in [-0.39, 0.29) is 25.6 Å². The standard InChI is InChI=1S/C82H160NO8P/c1-6-8-10-12-14-16-18-20-22-24-26-28-30-32-34-36-38-39-40-41-42-43-45-47-49-51-53-55-57-59-61-63-65-67-69-71-73-75-82(85)91-80(79-90-92(86,87)89-77-76-83(3,4)5)78-88-81(84)74-72-70-68-66-64-62-60-58-56-54-52-50-48-46-44-37-35-33-31-29-27-25-23-21-19-17-15-13-11-9-7-2/h24-27,80H,6-23,28-79H2,1-5H3/p+1/b26-24-,27-25-. The van der Waals surface area contributed by atoms with E-state index in [1.54, 1.807) is 0 Å². The minimum absolute atomic E-state index is 0.0361. The molecule has 0 rings (SSSR count). The molecule has 0 spiro atoms. The monoisotopic (exact) mass is 1320 g/mol. The Hall–Kier alpha value is -1.51. The van der Waals surface area contributed by atoms with Crippen LogP contribution in [0.15, 0.2) is 24.3 Å². The summed E-state index contributed by atoms with van der Waals surface area (Å²) in [5.41, 5.74) is 0. The topological polar surface area (TPSA) is 108 Å². The van der Waals surface area contributed by atoms with E-state index in [0.717, 1.165) is 38.5 Å². The molecule has 9 nitrogen and oxygen atoms in total. The summed E-state index contributed by atoms with van der Waals surface area (Å²) >= 11 is 0. The maximum Gasteiger partial charge on any atom is 0.472 e. The summed E-state index contributed by atoms with van der Waals surface area (Å²) in [5, 5.41) is 0. The number of ether oxygens (including phenoxy) is 2. The molecule has 2 atom stereocenters. The van der Waals surface area contributed by atoms with Crippen molar-refractivity contribution >= 4 is 19.8 Å². The second-order valence-electron chi connectivity index (χ2n) is 29.5. The van der Waals surface area contributed by atoms with Gasteiger partial charge in [-0.15, -0.1) is 0 Å². The van der Waals surface area contributed by atoms with E-state index < -0.39 is 26.5 Å². The van der Waals surface area contributed by atoms with Crippen molar-refractivity contribution in [2.45, 2.75) is 444 Å². The first kappa shape index (κ1) is 90.5. The van der Waals surface area contributed by atoms with Crippen molar-refractivity contribution in [2.75, 3.05) is 47.5 Å². The van der Waals surface area contributed by atoms with Crippen LogP contribution >= 0.6 is 7.82 Å². The second kappa shape index (κ2) is 73.7. The van der Waals surface area contributed by atoms with Crippen LogP contribution in [0, 0.1) is 0 Å². The van der Waals surface area contributed by atoms with Gasteiger partial charge in [-0.05, 0) is 64.2 Å². The first-order chi connectivity index (χ1) is 45.0. The summed E-state index contributed by atoms with van der Waals surface area (Å²) in [7, 11) is 1.51. The molecule has 0 saturated heterocycles. The zero-order valence-electron chi connectivity index (χ0n) is 62.6. The summed E-state index contributed by atoms with van der Waals surface area (Å²) in [6.07, 6.45) is 94.9. The van der Waals surface area contributed by atoms with E-state index in [0.29, 0.717) is 17.4 Å². The predicted molar refractivity (Wildman–Crippen MR) is 400 cm³/mol. The number of carbonyl (C=O) groups is 2. The Labute approximate surface area is 574 Å². The number of hydrogen-bond acceptors (Lipinski definition) is 7. The average molecular weight is 1320 g/mol. The summed E-state index contributed by atoms with van der Waals surface area (Å²) in [6, 6.07) is 0. The summed E-state index contributed by atoms with van der Waals surface area (Å²) in [4.78, 5) is 36.0. The van der Waals surface area contributed by atoms with Crippen LogP contribution in [-0.2, 0) is 32.7 Å². The molecule has 0 saturated carbocycles. The minimum Gasteiger partial charge on any atom is -0.462 e. The summed E-state index contributed by atoms with van der Waals surface area (Å²) in [5.74, 6) is -0.768. The molecule has 1 N–H and O–H groups in total. The Morgan fingerprint density at radius 3 is 0.804 bits per heavy atom. The Morgan fingerprint density at radius 2 is 0.554 bits per heavy atom. The molecule has 0 aromatic rings. The van der Waals surface area contributed by atoms with E-state index in [2.05, 4.69) is 38.2 Å². The van der Waals surface area contributed by atoms with Gasteiger partial charge in [0.1, 0.15) is 19.8 Å². The van der Waals surface area contributed by atoms with Crippen LogP contribution in [0.1, 0.15) is 438 Å². The quantitative estimate of drug-likeness (QED) is 0.0211. The Kier molecular flexibility index (Phi) is 72.5. The highest BCUT2D eigenvalue weighted by atomic mass is 31.2. The van der Waals surface area contributed by atoms with Crippen LogP contribution in [-0.4, -0.2) is 74.9 Å². The molecule has 2 unspecified atom stereocenters. The van der Waals surface area contributed by atoms with Crippen molar-refractivity contribution in [3.05, 3.63) is 24.3 Å². The van der Waals surface area contributed by atoms with Gasteiger partial charge in [0.15, 0.2) is 6.10 Å². The fraction of sp³-hybridized carbons (Fsp3) is 0.927. The van der Waals surface area contributed by atoms with Gasteiger partial charge < -0.3 is 18.9 Å². The maximum atomic E-state index is 12.9. The normalized spacial score (nSPS) is 13.1. The molecule has 546 valence electrons. The molecular formula is C82H161NO8P+. The van der Waals surface area contributed by atoms with Gasteiger partial charge in [-0.25, -0.2) is 4.57 Å². The number of allylic oxidation sites excluding steroid dienone is 4. The van der Waals surface area contributed by atoms with Crippen LogP contribution in [0.4, 0.5) is 0 Å². The third kappa shape index (κ3) is 77.5. The highest BCUT2D eigenvalue weighted by Gasteiger charge is 2.27. The molecule has 92 heavy (non-hydrogen) atoms. The number of quaternary nitrogens is 1. The number of hydrogen-bond donors (Lipinski definition) is 1. The zero-order chi connectivity index (χ0) is 66.9. The van der Waals surface area contributed by atoms with Crippen LogP contribution in [0.3, 0.4) is 0 Å². The molecule has 0 bridgehead atoms. The predicted octanol–water partition coefficient (Wildman–Crippen LogP) is 27.2. The van der Waals surface area contributed by atoms with E-state index in [1.165, 1.54) is 372 Å². The Balaban J connectivity index is 3.88. The summed E-state index contributed by atoms with van der Waals surface area (Å²) < 4.78 is 34.9. The van der Waals surface area contributed by atoms with E-state index in [9.17, 15) is 19.0 Å². The third-order valence-corrected chi connectivity index (χ3v) is 19.9. The molecule has 0 aromatic carbocycles. The lowest BCUT2D eigenvalue weighted by atomic mass is 10.0. The highest BCUT2D eigenvalue weighted by Crippen LogP contribution is 2.43. The fourth-order valence-electron chi connectivity index (χ4n) is 12.7. The van der Waals surface area contributed by atoms with Gasteiger partial charge in [-0.3, -0.25) is 18.6 Å². The van der Waals surface area contributed by atoms with E-state index >= 15 is 0 Å². The number of phosphoric ester groups is 1. The smallest absolute Gasteiger partial charge is 0.462 e. The number of rotatable bonds is 78. The number of unbranched alkanes of at least 4 members (excludes halogenated alkanes) is 60. The molecule has 0 aliphatic carbocycles. The van der Waals surface area contributed by atoms with Crippen molar-refractivity contribution in [3.8, 4) is 0 Å². The van der Waals surface area contributed by atoms with Crippen molar-refractivity contribution in [2.24, 2.45) is 0 Å². The number of likely N-dealkylation sites (N-methyl/N-ethyl adjacent to an activating group) is 1. The van der Waals surface area contributed by atoms with E-state index in [1.807, 2.05) is 21.1 Å². The van der Waals surface area contributed by atoms with Crippen molar-refractivity contribution in [3.63, 3.8) is 0 Å². The minimum atomic E-state index is -4.39. The molecule has 0 amide bonds. The van der Waals surface area contributed by atoms with Crippen LogP contribution in [0.2, 0.25) is 0 Å². The van der Waals surface area contributed by atoms with Gasteiger partial charge in [-0.2, -0.15) is 0 Å². The molecule has 0 radical (unpaired) electrons. The lowest BCUT2D eigenvalue weighted by Gasteiger charge is -2.24. The lowest BCUT2D eigenvalue weighted by molar-refractivity contribution is -0.870. The number of carbonyl (C=O) groups excluding carboxylic acids is 2. The van der Waals surface area contributed by atoms with Crippen LogP contribution in [0.5, 0.6) is 0 Å². The first-order valence-electron chi connectivity index (χ1n) is 41.1. The zero-order valence-corrected chi connectivity index (χ0v) is 63.5. The number of phosphoric acid groups is 1. The van der Waals surface area contributed by atoms with Crippen molar-refractivity contribution in [1.29, 1.82) is 0 Å². The fourth-order valence-corrected chi connectivity index (χ4v) is 13.4. The van der Waals surface area contributed by atoms with E-state index in [4.69, 9.17) is 18.5 Å². The van der Waals surface area contributed by atoms with Crippen molar-refractivity contribution < 1.29 is 42.1 Å². The van der Waals surface area contributed by atoms with Gasteiger partial charge in [-0.1, -0.05) is 385 Å². The average Bonchev–Trinajstić information content (AvgIpc) is 2.34. The Bertz CT molecular complexity index is 1600.